The zero-order valence-electron chi connectivity index (χ0n) is 13.9. The molecule has 3 aliphatic rings. The van der Waals surface area contributed by atoms with Crippen molar-refractivity contribution in [3.63, 3.8) is 0 Å². The number of carbonyl (C=O) groups is 2. The zero-order valence-corrected chi connectivity index (χ0v) is 13.9. The first-order chi connectivity index (χ1) is 10.5. The van der Waals surface area contributed by atoms with Crippen molar-refractivity contribution in [1.29, 1.82) is 0 Å². The number of carbonyl (C=O) groups excluding carboxylic acids is 2. The van der Waals surface area contributed by atoms with Crippen molar-refractivity contribution in [3.05, 3.63) is 0 Å². The van der Waals surface area contributed by atoms with E-state index in [9.17, 15) is 9.59 Å². The second kappa shape index (κ2) is 6.47. The summed E-state index contributed by atoms with van der Waals surface area (Å²) >= 11 is 0. The maximum absolute atomic E-state index is 12.4. The standard InChI is InChI=1S/C17H29N3O2/c1-12(2)19(10-13-4-3-5-13)17(22)18-9-14-8-16(21)20(11-14)15-6-7-15/h12-15H,3-11H2,1-2H3,(H,18,22)/t14-/m1/s1. The Kier molecular flexibility index (Phi) is 4.59. The van der Waals surface area contributed by atoms with Crippen LogP contribution in [0.5, 0.6) is 0 Å². The molecule has 0 aromatic rings. The lowest BCUT2D eigenvalue weighted by molar-refractivity contribution is -0.128. The molecule has 5 heteroatoms. The third kappa shape index (κ3) is 3.55. The van der Waals surface area contributed by atoms with E-state index in [4.69, 9.17) is 0 Å². The molecule has 2 saturated carbocycles. The van der Waals surface area contributed by atoms with Crippen molar-refractivity contribution in [2.45, 2.75) is 64.5 Å². The summed E-state index contributed by atoms with van der Waals surface area (Å²) < 4.78 is 0. The molecule has 1 saturated heterocycles. The number of nitrogens with zero attached hydrogens (tertiary/aromatic N) is 2. The van der Waals surface area contributed by atoms with E-state index in [-0.39, 0.29) is 23.9 Å². The second-order valence-electron chi connectivity index (χ2n) is 7.58. The number of hydrogen-bond donors (Lipinski definition) is 1. The number of rotatable bonds is 6. The van der Waals surface area contributed by atoms with E-state index in [0.29, 0.717) is 24.9 Å². The third-order valence-electron chi connectivity index (χ3n) is 5.33. The van der Waals surface area contributed by atoms with Crippen molar-refractivity contribution in [2.75, 3.05) is 19.6 Å². The van der Waals surface area contributed by atoms with Gasteiger partial charge in [-0.25, -0.2) is 4.79 Å². The van der Waals surface area contributed by atoms with E-state index in [1.165, 1.54) is 19.3 Å². The smallest absolute Gasteiger partial charge is 0.317 e. The quantitative estimate of drug-likeness (QED) is 0.818. The van der Waals surface area contributed by atoms with Crippen molar-refractivity contribution >= 4 is 11.9 Å². The minimum Gasteiger partial charge on any atom is -0.339 e. The van der Waals surface area contributed by atoms with E-state index in [1.54, 1.807) is 0 Å². The predicted octanol–water partition coefficient (Wildman–Crippen LogP) is 2.22. The fourth-order valence-corrected chi connectivity index (χ4v) is 3.50. The number of amides is 3. The van der Waals surface area contributed by atoms with Crippen molar-refractivity contribution in [2.24, 2.45) is 11.8 Å². The van der Waals surface area contributed by atoms with Gasteiger partial charge in [-0.05, 0) is 45.4 Å². The van der Waals surface area contributed by atoms with Crippen LogP contribution in [0.25, 0.3) is 0 Å². The lowest BCUT2D eigenvalue weighted by Gasteiger charge is -2.35. The van der Waals surface area contributed by atoms with Gasteiger partial charge in [0.2, 0.25) is 5.91 Å². The predicted molar refractivity (Wildman–Crippen MR) is 85.4 cm³/mol. The van der Waals surface area contributed by atoms with Gasteiger partial charge < -0.3 is 15.1 Å². The van der Waals surface area contributed by atoms with Crippen molar-refractivity contribution in [3.8, 4) is 0 Å². The fraction of sp³-hybridized carbons (Fsp3) is 0.882. The van der Waals surface area contributed by atoms with Gasteiger partial charge in [0.25, 0.3) is 0 Å². The highest BCUT2D eigenvalue weighted by Crippen LogP contribution is 2.32. The summed E-state index contributed by atoms with van der Waals surface area (Å²) in [6.45, 7) is 6.48. The molecule has 3 amide bonds. The van der Waals surface area contributed by atoms with Gasteiger partial charge in [0.15, 0.2) is 0 Å². The van der Waals surface area contributed by atoms with Gasteiger partial charge in [-0.2, -0.15) is 0 Å². The van der Waals surface area contributed by atoms with E-state index < -0.39 is 0 Å². The first-order valence-electron chi connectivity index (χ1n) is 8.88. The molecule has 0 spiro atoms. The molecule has 2 aliphatic carbocycles. The first kappa shape index (κ1) is 15.6. The molecule has 3 rings (SSSR count). The van der Waals surface area contributed by atoms with Gasteiger partial charge in [-0.3, -0.25) is 4.79 Å². The van der Waals surface area contributed by atoms with Crippen LogP contribution >= 0.6 is 0 Å². The monoisotopic (exact) mass is 307 g/mol. The third-order valence-corrected chi connectivity index (χ3v) is 5.33. The zero-order chi connectivity index (χ0) is 15.7. The molecule has 1 heterocycles. The molecule has 0 aromatic heterocycles. The lowest BCUT2D eigenvalue weighted by Crippen LogP contribution is -2.48. The van der Waals surface area contributed by atoms with Gasteiger partial charge in [-0.1, -0.05) is 6.42 Å². The second-order valence-corrected chi connectivity index (χ2v) is 7.58. The van der Waals surface area contributed by atoms with Gasteiger partial charge >= 0.3 is 6.03 Å². The van der Waals surface area contributed by atoms with Gasteiger partial charge in [0.1, 0.15) is 0 Å². The molecule has 1 aliphatic heterocycles. The van der Waals surface area contributed by atoms with Crippen LogP contribution in [0.15, 0.2) is 0 Å². The Labute approximate surface area is 133 Å². The minimum absolute atomic E-state index is 0.0409. The molecule has 22 heavy (non-hydrogen) atoms. The first-order valence-corrected chi connectivity index (χ1v) is 8.88. The van der Waals surface area contributed by atoms with Crippen LogP contribution in [0, 0.1) is 11.8 Å². The van der Waals surface area contributed by atoms with Gasteiger partial charge in [0, 0.05) is 44.1 Å². The Morgan fingerprint density at radius 1 is 1.27 bits per heavy atom. The molecule has 124 valence electrons. The summed E-state index contributed by atoms with van der Waals surface area (Å²) in [6.07, 6.45) is 6.73. The molecule has 1 N–H and O–H groups in total. The van der Waals surface area contributed by atoms with E-state index in [0.717, 1.165) is 25.9 Å². The molecule has 5 nitrogen and oxygen atoms in total. The highest BCUT2D eigenvalue weighted by atomic mass is 16.2. The largest absolute Gasteiger partial charge is 0.339 e. The summed E-state index contributed by atoms with van der Waals surface area (Å²) in [4.78, 5) is 28.4. The summed E-state index contributed by atoms with van der Waals surface area (Å²) in [5.74, 6) is 1.25. The van der Waals surface area contributed by atoms with Crippen LogP contribution in [-0.2, 0) is 4.79 Å². The molecule has 0 aromatic carbocycles. The summed E-state index contributed by atoms with van der Waals surface area (Å²) in [6, 6.07) is 0.770. The lowest BCUT2D eigenvalue weighted by atomic mass is 9.85. The molecule has 3 fully saturated rings. The Morgan fingerprint density at radius 2 is 2.00 bits per heavy atom. The fourth-order valence-electron chi connectivity index (χ4n) is 3.50. The van der Waals surface area contributed by atoms with Gasteiger partial charge in [-0.15, -0.1) is 0 Å². The molecule has 1 atom stereocenters. The molecular weight excluding hydrogens is 278 g/mol. The van der Waals surface area contributed by atoms with Crippen LogP contribution in [-0.4, -0.2) is 53.5 Å². The average Bonchev–Trinajstić information content (AvgIpc) is 3.18. The van der Waals surface area contributed by atoms with Crippen LogP contribution < -0.4 is 5.32 Å². The Bertz CT molecular complexity index is 430. The number of hydrogen-bond acceptors (Lipinski definition) is 2. The molecular formula is C17H29N3O2. The van der Waals surface area contributed by atoms with Crippen molar-refractivity contribution in [1.82, 2.24) is 15.1 Å². The SMILES string of the molecule is CC(C)N(CC1CCC1)C(=O)NC[C@H]1CC(=O)N(C2CC2)C1. The van der Waals surface area contributed by atoms with Crippen molar-refractivity contribution < 1.29 is 9.59 Å². The van der Waals surface area contributed by atoms with E-state index in [1.807, 2.05) is 9.80 Å². The van der Waals surface area contributed by atoms with Crippen LogP contribution in [0.4, 0.5) is 4.79 Å². The highest BCUT2D eigenvalue weighted by Gasteiger charge is 2.39. The van der Waals surface area contributed by atoms with E-state index in [2.05, 4.69) is 19.2 Å². The van der Waals surface area contributed by atoms with Crippen LogP contribution in [0.2, 0.25) is 0 Å². The van der Waals surface area contributed by atoms with Gasteiger partial charge in [0.05, 0.1) is 0 Å². The minimum atomic E-state index is 0.0409. The highest BCUT2D eigenvalue weighted by molar-refractivity contribution is 5.79. The summed E-state index contributed by atoms with van der Waals surface area (Å²) in [5, 5.41) is 3.07. The Morgan fingerprint density at radius 3 is 2.55 bits per heavy atom. The topological polar surface area (TPSA) is 52.7 Å². The van der Waals surface area contributed by atoms with Crippen LogP contribution in [0.1, 0.15) is 52.4 Å². The number of urea groups is 1. The Hall–Kier alpha value is -1.26. The Balaban J connectivity index is 1.45. The summed E-state index contributed by atoms with van der Waals surface area (Å²) in [7, 11) is 0. The average molecular weight is 307 g/mol. The number of likely N-dealkylation sites (tertiary alicyclic amines) is 1. The normalized spacial score (nSPS) is 25.5. The maximum Gasteiger partial charge on any atom is 0.317 e. The van der Waals surface area contributed by atoms with Crippen LogP contribution in [0.3, 0.4) is 0 Å². The molecule has 0 unspecified atom stereocenters. The van der Waals surface area contributed by atoms with E-state index >= 15 is 0 Å². The molecule has 0 radical (unpaired) electrons. The summed E-state index contributed by atoms with van der Waals surface area (Å²) in [5.41, 5.74) is 0. The molecule has 0 bridgehead atoms. The maximum atomic E-state index is 12.4. The number of nitrogens with one attached hydrogen (secondary N) is 1.